The van der Waals surface area contributed by atoms with Gasteiger partial charge in [-0.1, -0.05) is 0 Å². The number of halogens is 2. The second-order valence-electron chi connectivity index (χ2n) is 10.9. The zero-order valence-corrected chi connectivity index (χ0v) is 23.6. The van der Waals surface area contributed by atoms with Gasteiger partial charge in [0.25, 0.3) is 0 Å². The van der Waals surface area contributed by atoms with Crippen molar-refractivity contribution >= 4 is 57.2 Å². The zero-order chi connectivity index (χ0) is 27.2. The van der Waals surface area contributed by atoms with Gasteiger partial charge < -0.3 is 20.1 Å². The van der Waals surface area contributed by atoms with Gasteiger partial charge in [0.15, 0.2) is 34.0 Å². The molecule has 0 amide bonds. The maximum atomic E-state index is 6.59. The van der Waals surface area contributed by atoms with Gasteiger partial charge in [0.2, 0.25) is 10.6 Å². The number of nitrogens with two attached hydrogens (primary N) is 1. The smallest absolute Gasteiger partial charge is 0.226 e. The standard InChI is InChI=1S/C26H32Cl2N10O2/c27-25-32-21-19(30-13-36(21)17-5-1-3-11-39-17)23(34-25)38(16-9-7-15(29)8-10-16)24-20-22(33-26(28)35-24)37(14-31-20)18-6-2-4-12-40-18/h13-18H,1-12,29H2. The van der Waals surface area contributed by atoms with Gasteiger partial charge in [-0.15, -0.1) is 0 Å². The molecule has 2 unspecified atom stereocenters. The Morgan fingerprint density at radius 3 is 1.65 bits per heavy atom. The van der Waals surface area contributed by atoms with Crippen molar-refractivity contribution in [3.05, 3.63) is 23.2 Å². The minimum atomic E-state index is -0.148. The fourth-order valence-electron chi connectivity index (χ4n) is 6.20. The van der Waals surface area contributed by atoms with Crippen LogP contribution in [0.1, 0.15) is 76.7 Å². The van der Waals surface area contributed by atoms with Crippen molar-refractivity contribution in [3.8, 4) is 0 Å². The Kier molecular flexibility index (Phi) is 7.21. The monoisotopic (exact) mass is 586 g/mol. The first-order valence-corrected chi connectivity index (χ1v) is 14.9. The van der Waals surface area contributed by atoms with Crippen molar-refractivity contribution in [1.29, 1.82) is 0 Å². The van der Waals surface area contributed by atoms with Crippen LogP contribution in [0.3, 0.4) is 0 Å². The average Bonchev–Trinajstić information content (AvgIpc) is 3.59. The first-order chi connectivity index (χ1) is 19.6. The topological polar surface area (TPSA) is 135 Å². The number of imidazole rings is 2. The summed E-state index contributed by atoms with van der Waals surface area (Å²) in [7, 11) is 0. The lowest BCUT2D eigenvalue weighted by Crippen LogP contribution is -2.39. The molecule has 0 spiro atoms. The normalized spacial score (nSPS) is 26.0. The van der Waals surface area contributed by atoms with Crippen LogP contribution in [-0.2, 0) is 9.47 Å². The van der Waals surface area contributed by atoms with E-state index in [0.29, 0.717) is 47.2 Å². The molecule has 2 N–H and O–H groups in total. The van der Waals surface area contributed by atoms with Crippen LogP contribution in [0.15, 0.2) is 12.7 Å². The summed E-state index contributed by atoms with van der Waals surface area (Å²) in [5.41, 5.74) is 8.78. The Morgan fingerprint density at radius 2 is 1.20 bits per heavy atom. The summed E-state index contributed by atoms with van der Waals surface area (Å²) >= 11 is 13.2. The highest BCUT2D eigenvalue weighted by Gasteiger charge is 2.34. The van der Waals surface area contributed by atoms with Crippen LogP contribution < -0.4 is 10.6 Å². The van der Waals surface area contributed by atoms with Crippen LogP contribution >= 0.6 is 23.2 Å². The van der Waals surface area contributed by atoms with E-state index >= 15 is 0 Å². The maximum absolute atomic E-state index is 6.59. The lowest BCUT2D eigenvalue weighted by Gasteiger charge is -2.36. The van der Waals surface area contributed by atoms with Gasteiger partial charge in [-0.3, -0.25) is 9.13 Å². The first kappa shape index (κ1) is 26.3. The predicted octanol–water partition coefficient (Wildman–Crippen LogP) is 5.08. The van der Waals surface area contributed by atoms with Crippen LogP contribution in [0.5, 0.6) is 0 Å². The Balaban J connectivity index is 1.40. The van der Waals surface area contributed by atoms with E-state index in [1.165, 1.54) is 0 Å². The maximum Gasteiger partial charge on any atom is 0.226 e. The van der Waals surface area contributed by atoms with E-state index in [0.717, 1.165) is 64.2 Å². The van der Waals surface area contributed by atoms with Crippen molar-refractivity contribution in [3.63, 3.8) is 0 Å². The third-order valence-corrected chi connectivity index (χ3v) is 8.58. The van der Waals surface area contributed by atoms with E-state index in [1.54, 1.807) is 12.7 Å². The van der Waals surface area contributed by atoms with Crippen LogP contribution in [0.2, 0.25) is 10.6 Å². The number of rotatable bonds is 5. The predicted molar refractivity (Wildman–Crippen MR) is 151 cm³/mol. The third kappa shape index (κ3) is 4.79. The number of fused-ring (bicyclic) bond motifs is 2. The van der Waals surface area contributed by atoms with Crippen molar-refractivity contribution in [2.24, 2.45) is 5.73 Å². The molecule has 4 aromatic heterocycles. The van der Waals surface area contributed by atoms with Gasteiger partial charge in [0.05, 0.1) is 12.7 Å². The molecule has 3 aliphatic rings. The molecule has 3 fully saturated rings. The largest absolute Gasteiger partial charge is 0.358 e. The molecule has 0 bridgehead atoms. The van der Waals surface area contributed by atoms with Crippen LogP contribution in [0, 0.1) is 0 Å². The Bertz CT molecular complexity index is 1400. The molecule has 12 nitrogen and oxygen atoms in total. The lowest BCUT2D eigenvalue weighted by molar-refractivity contribution is -0.0299. The number of hydrogen-bond donors (Lipinski definition) is 1. The minimum Gasteiger partial charge on any atom is -0.358 e. The third-order valence-electron chi connectivity index (χ3n) is 8.25. The fourth-order valence-corrected chi connectivity index (χ4v) is 6.52. The highest BCUT2D eigenvalue weighted by atomic mass is 35.5. The SMILES string of the molecule is NC1CCC(N(c2nc(Cl)nc3c2ncn3C2CCCCO2)c2nc(Cl)nc3c2ncn3C2CCCCO2)CC1. The van der Waals surface area contributed by atoms with E-state index in [-0.39, 0.29) is 35.1 Å². The molecule has 2 saturated heterocycles. The molecule has 40 heavy (non-hydrogen) atoms. The number of ether oxygens (including phenoxy) is 2. The van der Waals surface area contributed by atoms with Gasteiger partial charge >= 0.3 is 0 Å². The van der Waals surface area contributed by atoms with E-state index in [4.69, 9.17) is 58.3 Å². The summed E-state index contributed by atoms with van der Waals surface area (Å²) in [6.07, 6.45) is 12.7. The summed E-state index contributed by atoms with van der Waals surface area (Å²) in [6, 6.07) is 0.182. The second-order valence-corrected chi connectivity index (χ2v) is 11.5. The molecule has 14 heteroatoms. The number of hydrogen-bond acceptors (Lipinski definition) is 10. The molecule has 2 aliphatic heterocycles. The van der Waals surface area contributed by atoms with Crippen molar-refractivity contribution in [1.82, 2.24) is 39.0 Å². The molecule has 4 aromatic rings. The van der Waals surface area contributed by atoms with Gasteiger partial charge in [0.1, 0.15) is 12.5 Å². The van der Waals surface area contributed by atoms with Gasteiger partial charge in [-0.25, -0.2) is 9.97 Å². The Labute approximate surface area is 241 Å². The lowest BCUT2D eigenvalue weighted by atomic mass is 9.90. The Hall–Kier alpha value is -2.64. The fraction of sp³-hybridized carbons (Fsp3) is 0.615. The summed E-state index contributed by atoms with van der Waals surface area (Å²) in [5.74, 6) is 1.12. The molecule has 7 rings (SSSR count). The molecular formula is C26H32Cl2N10O2. The summed E-state index contributed by atoms with van der Waals surface area (Å²) in [4.78, 5) is 30.3. The molecule has 6 heterocycles. The summed E-state index contributed by atoms with van der Waals surface area (Å²) in [5, 5.41) is 0.241. The van der Waals surface area contributed by atoms with E-state index in [2.05, 4.69) is 14.9 Å². The van der Waals surface area contributed by atoms with E-state index < -0.39 is 0 Å². The van der Waals surface area contributed by atoms with Gasteiger partial charge in [0, 0.05) is 25.3 Å². The highest BCUT2D eigenvalue weighted by Crippen LogP contribution is 2.40. The quantitative estimate of drug-likeness (QED) is 0.315. The second kappa shape index (κ2) is 11.0. The molecule has 1 saturated carbocycles. The molecular weight excluding hydrogens is 555 g/mol. The van der Waals surface area contributed by atoms with Gasteiger partial charge in [-0.2, -0.15) is 19.9 Å². The number of anilines is 2. The minimum absolute atomic E-state index is 0.0234. The van der Waals surface area contributed by atoms with E-state index in [1.807, 2.05) is 9.13 Å². The number of nitrogens with zero attached hydrogens (tertiary/aromatic N) is 9. The molecule has 2 atom stereocenters. The molecule has 0 aromatic carbocycles. The van der Waals surface area contributed by atoms with Crippen LogP contribution in [0.25, 0.3) is 22.3 Å². The van der Waals surface area contributed by atoms with E-state index in [9.17, 15) is 0 Å². The van der Waals surface area contributed by atoms with Crippen molar-refractivity contribution < 1.29 is 9.47 Å². The molecule has 1 aliphatic carbocycles. The van der Waals surface area contributed by atoms with Crippen molar-refractivity contribution in [2.75, 3.05) is 18.1 Å². The molecule has 212 valence electrons. The summed E-state index contributed by atoms with van der Waals surface area (Å²) < 4.78 is 16.0. The van der Waals surface area contributed by atoms with Crippen molar-refractivity contribution in [2.45, 2.75) is 88.7 Å². The van der Waals surface area contributed by atoms with Gasteiger partial charge in [-0.05, 0) is 87.4 Å². The summed E-state index contributed by atoms with van der Waals surface area (Å²) in [6.45, 7) is 1.41. The molecule has 0 radical (unpaired) electrons. The highest BCUT2D eigenvalue weighted by molar-refractivity contribution is 6.29. The number of aromatic nitrogens is 8. The Morgan fingerprint density at radius 1 is 0.700 bits per heavy atom. The first-order valence-electron chi connectivity index (χ1n) is 14.1. The van der Waals surface area contributed by atoms with Crippen LogP contribution in [-0.4, -0.2) is 64.3 Å². The zero-order valence-electron chi connectivity index (χ0n) is 22.1. The van der Waals surface area contributed by atoms with Crippen LogP contribution in [0.4, 0.5) is 11.6 Å². The average molecular weight is 588 g/mol.